The van der Waals surface area contributed by atoms with Crippen molar-refractivity contribution in [1.82, 2.24) is 0 Å². The highest BCUT2D eigenvalue weighted by Gasteiger charge is 2.20. The van der Waals surface area contributed by atoms with Gasteiger partial charge < -0.3 is 0 Å². The van der Waals surface area contributed by atoms with Crippen LogP contribution in [0.4, 0.5) is 4.39 Å². The number of carbonyl (C=O) groups is 1. The number of unbranched alkanes of at least 4 members (excludes halogenated alkanes) is 1. The minimum atomic E-state index is -0.393. The van der Waals surface area contributed by atoms with Gasteiger partial charge in [-0.25, -0.2) is 4.39 Å². The lowest BCUT2D eigenvalue weighted by Gasteiger charge is -2.14. The number of ketones is 1. The van der Waals surface area contributed by atoms with Gasteiger partial charge in [-0.1, -0.05) is 38.3 Å². The SMILES string of the molecule is CCCCC(CC)C(=O)c1cc(C)ccc1F. The Morgan fingerprint density at radius 1 is 1.35 bits per heavy atom. The molecule has 0 heterocycles. The van der Waals surface area contributed by atoms with E-state index in [0.717, 1.165) is 31.2 Å². The van der Waals surface area contributed by atoms with E-state index >= 15 is 0 Å². The van der Waals surface area contributed by atoms with Crippen LogP contribution in [-0.2, 0) is 0 Å². The lowest BCUT2D eigenvalue weighted by atomic mass is 9.90. The van der Waals surface area contributed by atoms with Crippen LogP contribution in [0.3, 0.4) is 0 Å². The van der Waals surface area contributed by atoms with E-state index in [9.17, 15) is 9.18 Å². The first-order chi connectivity index (χ1) is 8.10. The zero-order chi connectivity index (χ0) is 12.8. The third-order valence-electron chi connectivity index (χ3n) is 3.16. The predicted molar refractivity (Wildman–Crippen MR) is 68.8 cm³/mol. The first kappa shape index (κ1) is 13.9. The van der Waals surface area contributed by atoms with E-state index in [2.05, 4.69) is 6.92 Å². The van der Waals surface area contributed by atoms with Gasteiger partial charge in [-0.3, -0.25) is 4.79 Å². The fraction of sp³-hybridized carbons (Fsp3) is 0.533. The number of carbonyl (C=O) groups excluding carboxylic acids is 1. The van der Waals surface area contributed by atoms with Crippen LogP contribution in [0.5, 0.6) is 0 Å². The smallest absolute Gasteiger partial charge is 0.168 e. The van der Waals surface area contributed by atoms with Gasteiger partial charge in [-0.2, -0.15) is 0 Å². The maximum absolute atomic E-state index is 13.6. The maximum Gasteiger partial charge on any atom is 0.168 e. The van der Waals surface area contributed by atoms with Crippen molar-refractivity contribution in [3.05, 3.63) is 35.1 Å². The topological polar surface area (TPSA) is 17.1 Å². The van der Waals surface area contributed by atoms with E-state index in [1.165, 1.54) is 6.07 Å². The quantitative estimate of drug-likeness (QED) is 0.663. The molecule has 0 saturated carbocycles. The number of halogens is 1. The number of benzene rings is 1. The molecule has 0 fully saturated rings. The van der Waals surface area contributed by atoms with E-state index in [0.29, 0.717) is 0 Å². The molecule has 0 radical (unpaired) electrons. The maximum atomic E-state index is 13.6. The van der Waals surface area contributed by atoms with E-state index in [4.69, 9.17) is 0 Å². The summed E-state index contributed by atoms with van der Waals surface area (Å²) >= 11 is 0. The molecular formula is C15H21FO. The first-order valence-electron chi connectivity index (χ1n) is 6.40. The normalized spacial score (nSPS) is 12.5. The van der Waals surface area contributed by atoms with Gasteiger partial charge >= 0.3 is 0 Å². The van der Waals surface area contributed by atoms with E-state index < -0.39 is 5.82 Å². The Morgan fingerprint density at radius 2 is 2.06 bits per heavy atom. The van der Waals surface area contributed by atoms with Crippen molar-refractivity contribution in [3.63, 3.8) is 0 Å². The summed E-state index contributed by atoms with van der Waals surface area (Å²) in [5.74, 6) is -0.469. The molecule has 0 amide bonds. The zero-order valence-corrected chi connectivity index (χ0v) is 10.9. The van der Waals surface area contributed by atoms with Crippen LogP contribution in [0.1, 0.15) is 55.5 Å². The summed E-state index contributed by atoms with van der Waals surface area (Å²) in [7, 11) is 0. The third kappa shape index (κ3) is 3.65. The van der Waals surface area contributed by atoms with Crippen molar-refractivity contribution >= 4 is 5.78 Å². The van der Waals surface area contributed by atoms with Gasteiger partial charge in [0, 0.05) is 5.92 Å². The lowest BCUT2D eigenvalue weighted by molar-refractivity contribution is 0.0904. The van der Waals surface area contributed by atoms with Crippen LogP contribution in [-0.4, -0.2) is 5.78 Å². The fourth-order valence-corrected chi connectivity index (χ4v) is 2.02. The summed E-state index contributed by atoms with van der Waals surface area (Å²) in [5.41, 5.74) is 1.19. The molecule has 1 unspecified atom stereocenters. The highest BCUT2D eigenvalue weighted by molar-refractivity contribution is 5.98. The Kier molecular flexibility index (Phi) is 5.33. The summed E-state index contributed by atoms with van der Waals surface area (Å²) < 4.78 is 13.6. The van der Waals surface area contributed by atoms with Gasteiger partial charge in [-0.15, -0.1) is 0 Å². The molecule has 1 nitrogen and oxygen atoms in total. The monoisotopic (exact) mass is 236 g/mol. The minimum absolute atomic E-state index is 0.0359. The molecule has 94 valence electrons. The lowest BCUT2D eigenvalue weighted by Crippen LogP contribution is -2.15. The van der Waals surface area contributed by atoms with Crippen LogP contribution >= 0.6 is 0 Å². The zero-order valence-electron chi connectivity index (χ0n) is 10.9. The molecule has 0 aromatic heterocycles. The highest BCUT2D eigenvalue weighted by Crippen LogP contribution is 2.21. The molecule has 0 aliphatic carbocycles. The Bertz CT molecular complexity index is 385. The second-order valence-electron chi connectivity index (χ2n) is 4.59. The second-order valence-corrected chi connectivity index (χ2v) is 4.59. The van der Waals surface area contributed by atoms with Gasteiger partial charge in [-0.05, 0) is 31.9 Å². The second kappa shape index (κ2) is 6.53. The number of rotatable bonds is 6. The molecule has 1 aromatic carbocycles. The Balaban J connectivity index is 2.89. The van der Waals surface area contributed by atoms with E-state index in [-0.39, 0.29) is 17.3 Å². The predicted octanol–water partition coefficient (Wildman–Crippen LogP) is 4.53. The Labute approximate surface area is 103 Å². The van der Waals surface area contributed by atoms with Crippen LogP contribution in [0.25, 0.3) is 0 Å². The van der Waals surface area contributed by atoms with Gasteiger partial charge in [0.2, 0.25) is 0 Å². The molecule has 0 aliphatic rings. The van der Waals surface area contributed by atoms with Crippen LogP contribution < -0.4 is 0 Å². The van der Waals surface area contributed by atoms with Crippen molar-refractivity contribution in [2.24, 2.45) is 5.92 Å². The average Bonchev–Trinajstić information content (AvgIpc) is 2.33. The highest BCUT2D eigenvalue weighted by atomic mass is 19.1. The number of aryl methyl sites for hydroxylation is 1. The number of hydrogen-bond acceptors (Lipinski definition) is 1. The van der Waals surface area contributed by atoms with Crippen LogP contribution in [0.2, 0.25) is 0 Å². The largest absolute Gasteiger partial charge is 0.294 e. The molecule has 0 bridgehead atoms. The fourth-order valence-electron chi connectivity index (χ4n) is 2.02. The van der Waals surface area contributed by atoms with E-state index in [1.54, 1.807) is 12.1 Å². The van der Waals surface area contributed by atoms with Crippen molar-refractivity contribution in [2.75, 3.05) is 0 Å². The molecule has 2 heteroatoms. The van der Waals surface area contributed by atoms with Gasteiger partial charge in [0.25, 0.3) is 0 Å². The van der Waals surface area contributed by atoms with Crippen molar-refractivity contribution in [1.29, 1.82) is 0 Å². The molecule has 0 N–H and O–H groups in total. The molecular weight excluding hydrogens is 215 g/mol. The summed E-state index contributed by atoms with van der Waals surface area (Å²) in [6, 6.07) is 4.74. The summed E-state index contributed by atoms with van der Waals surface area (Å²) in [6.07, 6.45) is 3.74. The first-order valence-corrected chi connectivity index (χ1v) is 6.40. The van der Waals surface area contributed by atoms with E-state index in [1.807, 2.05) is 13.8 Å². The summed E-state index contributed by atoms with van der Waals surface area (Å²) in [6.45, 7) is 5.97. The molecule has 1 aromatic rings. The van der Waals surface area contributed by atoms with Gasteiger partial charge in [0.15, 0.2) is 5.78 Å². The molecule has 1 rings (SSSR count). The molecule has 0 saturated heterocycles. The van der Waals surface area contributed by atoms with Gasteiger partial charge in [0.05, 0.1) is 5.56 Å². The molecule has 1 atom stereocenters. The molecule has 0 aliphatic heterocycles. The van der Waals surface area contributed by atoms with Crippen molar-refractivity contribution in [3.8, 4) is 0 Å². The van der Waals surface area contributed by atoms with Gasteiger partial charge in [0.1, 0.15) is 5.82 Å². The van der Waals surface area contributed by atoms with Crippen molar-refractivity contribution in [2.45, 2.75) is 46.5 Å². The molecule has 17 heavy (non-hydrogen) atoms. The minimum Gasteiger partial charge on any atom is -0.294 e. The molecule has 0 spiro atoms. The Hall–Kier alpha value is -1.18. The van der Waals surface area contributed by atoms with Crippen molar-refractivity contribution < 1.29 is 9.18 Å². The van der Waals surface area contributed by atoms with Crippen LogP contribution in [0.15, 0.2) is 18.2 Å². The number of hydrogen-bond donors (Lipinski definition) is 0. The standard InChI is InChI=1S/C15H21FO/c1-4-6-7-12(5-2)15(17)13-10-11(3)8-9-14(13)16/h8-10,12H,4-7H2,1-3H3. The Morgan fingerprint density at radius 3 is 2.65 bits per heavy atom. The van der Waals surface area contributed by atoms with Crippen LogP contribution in [0, 0.1) is 18.7 Å². The summed E-state index contributed by atoms with van der Waals surface area (Å²) in [4.78, 5) is 12.2. The summed E-state index contributed by atoms with van der Waals surface area (Å²) in [5, 5.41) is 0. The average molecular weight is 236 g/mol. The third-order valence-corrected chi connectivity index (χ3v) is 3.16. The number of Topliss-reactive ketones (excluding diaryl/α,β-unsaturated/α-hetero) is 1.